The fraction of sp³-hybridized carbons (Fsp3) is 0.263. The number of carbonyl (C=O) groups is 2. The molecule has 3 rings (SSSR count). The molecule has 1 aliphatic rings. The summed E-state index contributed by atoms with van der Waals surface area (Å²) in [5.41, 5.74) is 2.12. The van der Waals surface area contributed by atoms with Crippen molar-refractivity contribution in [1.29, 1.82) is 0 Å². The Balaban J connectivity index is 1.64. The normalized spacial score (nSPS) is 15.0. The molecular weight excluding hydrogens is 322 g/mol. The number of esters is 1. The van der Waals surface area contributed by atoms with E-state index in [4.69, 9.17) is 14.2 Å². The van der Waals surface area contributed by atoms with Gasteiger partial charge in [0.25, 0.3) is 5.91 Å². The van der Waals surface area contributed by atoms with Crippen molar-refractivity contribution in [3.63, 3.8) is 0 Å². The van der Waals surface area contributed by atoms with E-state index in [1.165, 1.54) is 14.2 Å². The van der Waals surface area contributed by atoms with E-state index in [-0.39, 0.29) is 12.5 Å². The van der Waals surface area contributed by atoms with Crippen molar-refractivity contribution in [2.45, 2.75) is 19.1 Å². The summed E-state index contributed by atoms with van der Waals surface area (Å²) in [5, 5.41) is 2.84. The average molecular weight is 341 g/mol. The van der Waals surface area contributed by atoms with Crippen molar-refractivity contribution in [1.82, 2.24) is 5.32 Å². The van der Waals surface area contributed by atoms with Crippen LogP contribution < -0.4 is 14.8 Å². The first-order valence-corrected chi connectivity index (χ1v) is 7.90. The first-order valence-electron chi connectivity index (χ1n) is 7.90. The van der Waals surface area contributed by atoms with Crippen molar-refractivity contribution in [2.75, 3.05) is 14.2 Å². The fourth-order valence-electron chi connectivity index (χ4n) is 2.77. The van der Waals surface area contributed by atoms with Crippen LogP contribution in [0, 0.1) is 0 Å². The van der Waals surface area contributed by atoms with Gasteiger partial charge in [-0.2, -0.15) is 0 Å². The third-order valence-electron chi connectivity index (χ3n) is 4.08. The molecule has 1 unspecified atom stereocenters. The van der Waals surface area contributed by atoms with E-state index in [2.05, 4.69) is 5.32 Å². The molecule has 1 N–H and O–H groups in total. The lowest BCUT2D eigenvalue weighted by Gasteiger charge is -2.13. The van der Waals surface area contributed by atoms with Crippen LogP contribution in [0.3, 0.4) is 0 Å². The van der Waals surface area contributed by atoms with Crippen molar-refractivity contribution in [3.05, 3.63) is 59.2 Å². The van der Waals surface area contributed by atoms with Crippen LogP contribution in [0.4, 0.5) is 0 Å². The zero-order valence-electron chi connectivity index (χ0n) is 14.1. The second-order valence-electron chi connectivity index (χ2n) is 5.66. The molecule has 0 fully saturated rings. The molecule has 0 saturated heterocycles. The molecule has 1 atom stereocenters. The van der Waals surface area contributed by atoms with E-state index in [9.17, 15) is 9.59 Å². The van der Waals surface area contributed by atoms with Crippen LogP contribution in [0.5, 0.6) is 11.5 Å². The van der Waals surface area contributed by atoms with Crippen LogP contribution in [0.1, 0.15) is 21.5 Å². The molecule has 2 aromatic carbocycles. The second kappa shape index (κ2) is 7.25. The predicted molar refractivity (Wildman–Crippen MR) is 90.7 cm³/mol. The molecule has 0 saturated carbocycles. The minimum atomic E-state index is -0.532. The molecule has 0 aliphatic carbocycles. The van der Waals surface area contributed by atoms with Crippen LogP contribution in [0.2, 0.25) is 0 Å². The zero-order chi connectivity index (χ0) is 17.8. The Morgan fingerprint density at radius 3 is 2.72 bits per heavy atom. The van der Waals surface area contributed by atoms with E-state index >= 15 is 0 Å². The molecule has 0 spiro atoms. The van der Waals surface area contributed by atoms with E-state index in [0.29, 0.717) is 17.7 Å². The maximum absolute atomic E-state index is 12.3. The molecular formula is C19H19NO5. The minimum absolute atomic E-state index is 0.188. The summed E-state index contributed by atoms with van der Waals surface area (Å²) < 4.78 is 15.6. The van der Waals surface area contributed by atoms with Gasteiger partial charge < -0.3 is 19.5 Å². The van der Waals surface area contributed by atoms with Gasteiger partial charge in [0.1, 0.15) is 17.1 Å². The molecule has 25 heavy (non-hydrogen) atoms. The highest BCUT2D eigenvalue weighted by Gasteiger charge is 2.28. The first-order chi connectivity index (χ1) is 12.1. The van der Waals surface area contributed by atoms with Gasteiger partial charge in [-0.05, 0) is 29.3 Å². The molecule has 0 radical (unpaired) electrons. The van der Waals surface area contributed by atoms with E-state index < -0.39 is 12.1 Å². The van der Waals surface area contributed by atoms with Gasteiger partial charge in [-0.1, -0.05) is 24.3 Å². The number of fused-ring (bicyclic) bond motifs is 1. The number of ether oxygens (including phenoxy) is 3. The van der Waals surface area contributed by atoms with Gasteiger partial charge in [0, 0.05) is 13.0 Å². The third kappa shape index (κ3) is 3.57. The highest BCUT2D eigenvalue weighted by molar-refractivity contribution is 5.92. The molecule has 1 amide bonds. The highest BCUT2D eigenvalue weighted by Crippen LogP contribution is 2.28. The molecule has 1 heterocycles. The Hall–Kier alpha value is -3.02. The van der Waals surface area contributed by atoms with Crippen LogP contribution in [0.15, 0.2) is 42.5 Å². The topological polar surface area (TPSA) is 73.9 Å². The summed E-state index contributed by atoms with van der Waals surface area (Å²) in [4.78, 5) is 24.1. The number of methoxy groups -OCH3 is 2. The number of nitrogens with one attached hydrogen (secondary N) is 1. The first kappa shape index (κ1) is 16.8. The molecule has 0 bridgehead atoms. The molecule has 1 aliphatic heterocycles. The quantitative estimate of drug-likeness (QED) is 0.843. The third-order valence-corrected chi connectivity index (χ3v) is 4.08. The van der Waals surface area contributed by atoms with Crippen LogP contribution in [-0.2, 0) is 22.5 Å². The number of rotatable bonds is 5. The Kier molecular flexibility index (Phi) is 4.88. The van der Waals surface area contributed by atoms with Gasteiger partial charge in [-0.15, -0.1) is 0 Å². The van der Waals surface area contributed by atoms with E-state index in [0.717, 1.165) is 16.9 Å². The molecule has 6 heteroatoms. The smallest absolute Gasteiger partial charge is 0.341 e. The molecule has 6 nitrogen and oxygen atoms in total. The lowest BCUT2D eigenvalue weighted by molar-refractivity contribution is -0.127. The van der Waals surface area contributed by atoms with Gasteiger partial charge in [-0.3, -0.25) is 4.79 Å². The largest absolute Gasteiger partial charge is 0.496 e. The molecule has 130 valence electrons. The van der Waals surface area contributed by atoms with E-state index in [1.807, 2.05) is 24.3 Å². The predicted octanol–water partition coefficient (Wildman–Crippen LogP) is 2.10. The Labute approximate surface area is 145 Å². The van der Waals surface area contributed by atoms with Crippen molar-refractivity contribution >= 4 is 11.9 Å². The number of amides is 1. The average Bonchev–Trinajstić information content (AvgIpc) is 3.09. The van der Waals surface area contributed by atoms with Gasteiger partial charge >= 0.3 is 5.97 Å². The summed E-state index contributed by atoms with van der Waals surface area (Å²) in [6, 6.07) is 12.7. The van der Waals surface area contributed by atoms with Crippen molar-refractivity contribution < 1.29 is 23.8 Å². The van der Waals surface area contributed by atoms with Crippen molar-refractivity contribution in [2.24, 2.45) is 0 Å². The van der Waals surface area contributed by atoms with Crippen LogP contribution >= 0.6 is 0 Å². The van der Waals surface area contributed by atoms with Gasteiger partial charge in [0.2, 0.25) is 0 Å². The van der Waals surface area contributed by atoms with Gasteiger partial charge in [-0.25, -0.2) is 4.79 Å². The van der Waals surface area contributed by atoms with Gasteiger partial charge in [0.15, 0.2) is 6.10 Å². The molecule has 2 aromatic rings. The second-order valence-corrected chi connectivity index (χ2v) is 5.66. The maximum atomic E-state index is 12.3. The number of hydrogen-bond donors (Lipinski definition) is 1. The molecule has 0 aromatic heterocycles. The van der Waals surface area contributed by atoms with Crippen molar-refractivity contribution in [3.8, 4) is 11.5 Å². The van der Waals surface area contributed by atoms with E-state index in [1.54, 1.807) is 18.2 Å². The zero-order valence-corrected chi connectivity index (χ0v) is 14.1. The summed E-state index contributed by atoms with van der Waals surface area (Å²) in [6.07, 6.45) is 0.0219. The SMILES string of the molecule is COC(=O)c1cc(CNC(=O)C2Cc3ccccc3O2)ccc1OC. The Morgan fingerprint density at radius 2 is 2.00 bits per heavy atom. The summed E-state index contributed by atoms with van der Waals surface area (Å²) >= 11 is 0. The Morgan fingerprint density at radius 1 is 1.20 bits per heavy atom. The standard InChI is InChI=1S/C19H19NO5/c1-23-16-8-7-12(9-14(16)19(22)24-2)11-20-18(21)17-10-13-5-3-4-6-15(13)25-17/h3-9,17H,10-11H2,1-2H3,(H,20,21). The summed E-state index contributed by atoms with van der Waals surface area (Å²) in [7, 11) is 2.80. The number of para-hydroxylation sites is 1. The Bertz CT molecular complexity index is 777. The maximum Gasteiger partial charge on any atom is 0.341 e. The summed E-state index contributed by atoms with van der Waals surface area (Å²) in [6.45, 7) is 0.281. The van der Waals surface area contributed by atoms with Crippen LogP contribution in [0.25, 0.3) is 0 Å². The lowest BCUT2D eigenvalue weighted by atomic mass is 10.1. The summed E-state index contributed by atoms with van der Waals surface area (Å²) in [5.74, 6) is 0.503. The highest BCUT2D eigenvalue weighted by atomic mass is 16.5. The number of hydrogen-bond acceptors (Lipinski definition) is 5. The fourth-order valence-corrected chi connectivity index (χ4v) is 2.77. The monoisotopic (exact) mass is 341 g/mol. The minimum Gasteiger partial charge on any atom is -0.496 e. The lowest BCUT2D eigenvalue weighted by Crippen LogP contribution is -2.37. The number of carbonyl (C=O) groups excluding carboxylic acids is 2. The number of benzene rings is 2. The van der Waals surface area contributed by atoms with Crippen LogP contribution in [-0.4, -0.2) is 32.2 Å². The van der Waals surface area contributed by atoms with Gasteiger partial charge in [0.05, 0.1) is 14.2 Å².